The van der Waals surface area contributed by atoms with Gasteiger partial charge in [0.05, 0.1) is 31.0 Å². The molecule has 0 saturated carbocycles. The van der Waals surface area contributed by atoms with E-state index in [1.807, 2.05) is 18.0 Å². The molecule has 0 bridgehead atoms. The number of methoxy groups -OCH3 is 1. The molecule has 1 fully saturated rings. The number of ether oxygens (including phenoxy) is 2. The van der Waals surface area contributed by atoms with Gasteiger partial charge in [-0.15, -0.1) is 0 Å². The van der Waals surface area contributed by atoms with Gasteiger partial charge in [-0.3, -0.25) is 9.79 Å². The predicted molar refractivity (Wildman–Crippen MR) is 81.0 cm³/mol. The molecule has 1 saturated heterocycles. The van der Waals surface area contributed by atoms with Crippen molar-refractivity contribution in [1.82, 2.24) is 4.90 Å². The Bertz CT molecular complexity index is 583. The molecule has 21 heavy (non-hydrogen) atoms. The molecular formula is C16H20N2O3. The normalized spacial score (nSPS) is 20.6. The number of fused-ring (bicyclic) bond motifs is 2. The average Bonchev–Trinajstić information content (AvgIpc) is 2.65. The zero-order chi connectivity index (χ0) is 14.8. The van der Waals surface area contributed by atoms with Crippen LogP contribution in [0.4, 0.5) is 5.69 Å². The van der Waals surface area contributed by atoms with Gasteiger partial charge in [-0.2, -0.15) is 0 Å². The van der Waals surface area contributed by atoms with Crippen molar-refractivity contribution in [1.29, 1.82) is 0 Å². The molecule has 2 aliphatic heterocycles. The lowest BCUT2D eigenvalue weighted by atomic mass is 10.0. The van der Waals surface area contributed by atoms with Crippen LogP contribution in [0.15, 0.2) is 17.1 Å². The third kappa shape index (κ3) is 2.48. The minimum absolute atomic E-state index is 0.0357. The first-order valence-corrected chi connectivity index (χ1v) is 7.44. The Kier molecular flexibility index (Phi) is 3.82. The first-order valence-electron chi connectivity index (χ1n) is 7.44. The Labute approximate surface area is 124 Å². The summed E-state index contributed by atoms with van der Waals surface area (Å²) in [6.07, 6.45) is 5.08. The number of amides is 1. The average molecular weight is 288 g/mol. The minimum atomic E-state index is 0.0357. The zero-order valence-corrected chi connectivity index (χ0v) is 12.5. The summed E-state index contributed by atoms with van der Waals surface area (Å²) in [6, 6.07) is 3.65. The molecule has 5 heteroatoms. The van der Waals surface area contributed by atoms with E-state index in [4.69, 9.17) is 9.47 Å². The third-order valence-electron chi connectivity index (χ3n) is 4.01. The van der Waals surface area contributed by atoms with E-state index in [2.05, 4.69) is 4.99 Å². The van der Waals surface area contributed by atoms with Crippen LogP contribution in [0.25, 0.3) is 0 Å². The maximum Gasteiger partial charge on any atom is 0.256 e. The van der Waals surface area contributed by atoms with Gasteiger partial charge in [-0.1, -0.05) is 0 Å². The summed E-state index contributed by atoms with van der Waals surface area (Å²) in [5.41, 5.74) is 1.26. The number of aliphatic imine (C=N–C) groups is 1. The number of rotatable bonds is 3. The fourth-order valence-electron chi connectivity index (χ4n) is 2.94. The second-order valence-corrected chi connectivity index (χ2v) is 5.29. The molecular weight excluding hydrogens is 268 g/mol. The Morgan fingerprint density at radius 1 is 1.33 bits per heavy atom. The number of nitrogens with zero attached hydrogens (tertiary/aromatic N) is 2. The molecule has 0 N–H and O–H groups in total. The molecule has 1 amide bonds. The van der Waals surface area contributed by atoms with Crippen LogP contribution in [-0.4, -0.2) is 43.3 Å². The molecule has 1 aromatic rings. The van der Waals surface area contributed by atoms with Crippen molar-refractivity contribution in [2.75, 3.05) is 20.3 Å². The molecule has 0 unspecified atom stereocenters. The summed E-state index contributed by atoms with van der Waals surface area (Å²) >= 11 is 0. The second kappa shape index (κ2) is 5.76. The lowest BCUT2D eigenvalue weighted by Gasteiger charge is -2.32. The van der Waals surface area contributed by atoms with Crippen molar-refractivity contribution in [2.24, 2.45) is 4.99 Å². The number of benzene rings is 1. The number of piperidine rings is 1. The predicted octanol–water partition coefficient (Wildman–Crippen LogP) is 2.80. The lowest BCUT2D eigenvalue weighted by Crippen LogP contribution is -2.43. The Morgan fingerprint density at radius 3 is 2.95 bits per heavy atom. The number of hydrogen-bond donors (Lipinski definition) is 0. The van der Waals surface area contributed by atoms with E-state index in [1.54, 1.807) is 19.2 Å². The molecule has 0 aliphatic carbocycles. The molecule has 0 spiro atoms. The smallest absolute Gasteiger partial charge is 0.256 e. The van der Waals surface area contributed by atoms with Crippen LogP contribution < -0.4 is 9.47 Å². The number of carbonyl (C=O) groups is 1. The van der Waals surface area contributed by atoms with Crippen LogP contribution in [-0.2, 0) is 0 Å². The van der Waals surface area contributed by atoms with Crippen LogP contribution in [0.2, 0.25) is 0 Å². The summed E-state index contributed by atoms with van der Waals surface area (Å²) in [4.78, 5) is 19.2. The molecule has 0 aromatic heterocycles. The molecule has 1 atom stereocenters. The standard InChI is InChI=1S/C16H20N2O3/c1-3-21-15-9-13-12(8-14(15)20-2)16(19)18-7-5-4-6-11(18)10-17-13/h8-11H,3-7H2,1-2H3/t11-/m0/s1. The van der Waals surface area contributed by atoms with Crippen LogP contribution in [0.5, 0.6) is 11.5 Å². The maximum absolute atomic E-state index is 12.8. The highest BCUT2D eigenvalue weighted by Gasteiger charge is 2.30. The van der Waals surface area contributed by atoms with E-state index in [0.29, 0.717) is 29.4 Å². The van der Waals surface area contributed by atoms with E-state index in [0.717, 1.165) is 25.8 Å². The molecule has 0 radical (unpaired) electrons. The monoisotopic (exact) mass is 288 g/mol. The van der Waals surface area contributed by atoms with E-state index in [9.17, 15) is 4.79 Å². The van der Waals surface area contributed by atoms with Crippen molar-refractivity contribution < 1.29 is 14.3 Å². The zero-order valence-electron chi connectivity index (χ0n) is 12.5. The van der Waals surface area contributed by atoms with Gasteiger partial charge in [0.25, 0.3) is 5.91 Å². The van der Waals surface area contributed by atoms with Gasteiger partial charge in [0.2, 0.25) is 0 Å². The highest BCUT2D eigenvalue weighted by atomic mass is 16.5. The molecule has 2 aliphatic rings. The van der Waals surface area contributed by atoms with Gasteiger partial charge in [0, 0.05) is 18.8 Å². The quantitative estimate of drug-likeness (QED) is 0.859. The summed E-state index contributed by atoms with van der Waals surface area (Å²) < 4.78 is 10.9. The first-order chi connectivity index (χ1) is 10.2. The van der Waals surface area contributed by atoms with Crippen LogP contribution in [0, 0.1) is 0 Å². The van der Waals surface area contributed by atoms with Crippen molar-refractivity contribution in [3.8, 4) is 11.5 Å². The van der Waals surface area contributed by atoms with Gasteiger partial charge in [-0.25, -0.2) is 0 Å². The van der Waals surface area contributed by atoms with Crippen LogP contribution >= 0.6 is 0 Å². The van der Waals surface area contributed by atoms with Gasteiger partial charge < -0.3 is 14.4 Å². The second-order valence-electron chi connectivity index (χ2n) is 5.29. The Morgan fingerprint density at radius 2 is 2.19 bits per heavy atom. The van der Waals surface area contributed by atoms with Gasteiger partial charge in [-0.05, 0) is 32.3 Å². The van der Waals surface area contributed by atoms with Gasteiger partial charge in [0.15, 0.2) is 11.5 Å². The van der Waals surface area contributed by atoms with E-state index < -0.39 is 0 Å². The number of hydrogen-bond acceptors (Lipinski definition) is 4. The molecule has 2 heterocycles. The lowest BCUT2D eigenvalue weighted by molar-refractivity contribution is 0.0688. The highest BCUT2D eigenvalue weighted by Crippen LogP contribution is 2.37. The van der Waals surface area contributed by atoms with Crippen LogP contribution in [0.3, 0.4) is 0 Å². The summed E-state index contributed by atoms with van der Waals surface area (Å²) in [7, 11) is 1.58. The summed E-state index contributed by atoms with van der Waals surface area (Å²) in [6.45, 7) is 3.26. The summed E-state index contributed by atoms with van der Waals surface area (Å²) in [5.74, 6) is 1.24. The highest BCUT2D eigenvalue weighted by molar-refractivity contribution is 6.03. The Hall–Kier alpha value is -2.04. The van der Waals surface area contributed by atoms with Gasteiger partial charge >= 0.3 is 0 Å². The van der Waals surface area contributed by atoms with E-state index in [1.165, 1.54) is 0 Å². The molecule has 3 rings (SSSR count). The SMILES string of the molecule is CCOc1cc2c(cc1OC)C(=O)N1CCCC[C@H]1C=N2. The van der Waals surface area contributed by atoms with E-state index >= 15 is 0 Å². The van der Waals surface area contributed by atoms with Gasteiger partial charge in [0.1, 0.15) is 0 Å². The molecule has 112 valence electrons. The van der Waals surface area contributed by atoms with Crippen molar-refractivity contribution in [3.05, 3.63) is 17.7 Å². The molecule has 5 nitrogen and oxygen atoms in total. The fraction of sp³-hybridized carbons (Fsp3) is 0.500. The minimum Gasteiger partial charge on any atom is -0.493 e. The van der Waals surface area contributed by atoms with Crippen molar-refractivity contribution in [2.45, 2.75) is 32.2 Å². The van der Waals surface area contributed by atoms with E-state index in [-0.39, 0.29) is 11.9 Å². The largest absolute Gasteiger partial charge is 0.493 e. The Balaban J connectivity index is 2.05. The maximum atomic E-state index is 12.8. The molecule has 1 aromatic carbocycles. The first kappa shape index (κ1) is 13.9. The topological polar surface area (TPSA) is 51.1 Å². The van der Waals surface area contributed by atoms with Crippen molar-refractivity contribution >= 4 is 17.8 Å². The van der Waals surface area contributed by atoms with Crippen molar-refractivity contribution in [3.63, 3.8) is 0 Å². The summed E-state index contributed by atoms with van der Waals surface area (Å²) in [5, 5.41) is 0. The fourth-order valence-corrected chi connectivity index (χ4v) is 2.94. The number of carbonyl (C=O) groups excluding carboxylic acids is 1. The van der Waals surface area contributed by atoms with Crippen LogP contribution in [0.1, 0.15) is 36.5 Å². The third-order valence-corrected chi connectivity index (χ3v) is 4.01.